The molecule has 0 spiro atoms. The Morgan fingerprint density at radius 3 is 2.54 bits per heavy atom. The fourth-order valence-electron chi connectivity index (χ4n) is 2.50. The van der Waals surface area contributed by atoms with Crippen LogP contribution in [0.15, 0.2) is 42.5 Å². The summed E-state index contributed by atoms with van der Waals surface area (Å²) >= 11 is 7.46. The van der Waals surface area contributed by atoms with Crippen molar-refractivity contribution >= 4 is 44.9 Å². The number of rotatable bonds is 6. The van der Waals surface area contributed by atoms with E-state index in [2.05, 4.69) is 0 Å². The zero-order valence-electron chi connectivity index (χ0n) is 14.0. The van der Waals surface area contributed by atoms with Gasteiger partial charge >= 0.3 is 5.97 Å². The second-order valence-corrected chi connectivity index (χ2v) is 6.94. The Labute approximate surface area is 159 Å². The molecular weight excluding hydrogens is 374 g/mol. The SMILES string of the molecule is CCOC(=O)c1sc2ccc(Cl)cc2c1COc1ccc(C(N)=O)cc1. The van der Waals surface area contributed by atoms with E-state index in [1.54, 1.807) is 37.3 Å². The third-order valence-electron chi connectivity index (χ3n) is 3.74. The van der Waals surface area contributed by atoms with Gasteiger partial charge in [0.05, 0.1) is 6.61 Å². The first-order chi connectivity index (χ1) is 12.5. The van der Waals surface area contributed by atoms with Crippen LogP contribution in [0.4, 0.5) is 0 Å². The molecule has 5 nitrogen and oxygen atoms in total. The topological polar surface area (TPSA) is 78.6 Å². The molecule has 1 aromatic heterocycles. The Hall–Kier alpha value is -2.57. The van der Waals surface area contributed by atoms with E-state index in [1.165, 1.54) is 11.3 Å². The van der Waals surface area contributed by atoms with Crippen LogP contribution in [0.2, 0.25) is 5.02 Å². The van der Waals surface area contributed by atoms with Crippen LogP contribution < -0.4 is 10.5 Å². The van der Waals surface area contributed by atoms with E-state index in [4.69, 9.17) is 26.8 Å². The third kappa shape index (κ3) is 3.81. The number of esters is 1. The Morgan fingerprint density at radius 1 is 1.15 bits per heavy atom. The Kier molecular flexibility index (Phi) is 5.44. The molecule has 2 aromatic carbocycles. The monoisotopic (exact) mass is 389 g/mol. The van der Waals surface area contributed by atoms with Gasteiger partial charge in [0.25, 0.3) is 0 Å². The molecule has 0 saturated heterocycles. The van der Waals surface area contributed by atoms with Gasteiger partial charge in [-0.05, 0) is 49.4 Å². The molecule has 0 aliphatic carbocycles. The predicted octanol–water partition coefficient (Wildman–Crippen LogP) is 4.41. The molecule has 0 aliphatic heterocycles. The molecule has 2 N–H and O–H groups in total. The first kappa shape index (κ1) is 18.2. The first-order valence-corrected chi connectivity index (χ1v) is 9.09. The average Bonchev–Trinajstić information content (AvgIpc) is 2.98. The maximum Gasteiger partial charge on any atom is 0.348 e. The van der Waals surface area contributed by atoms with Crippen molar-refractivity contribution in [1.82, 2.24) is 0 Å². The van der Waals surface area contributed by atoms with E-state index in [-0.39, 0.29) is 12.6 Å². The molecule has 0 unspecified atom stereocenters. The van der Waals surface area contributed by atoms with Crippen LogP contribution in [-0.4, -0.2) is 18.5 Å². The highest BCUT2D eigenvalue weighted by atomic mass is 35.5. The number of fused-ring (bicyclic) bond motifs is 1. The zero-order valence-corrected chi connectivity index (χ0v) is 15.5. The van der Waals surface area contributed by atoms with Crippen molar-refractivity contribution in [2.24, 2.45) is 5.73 Å². The normalized spacial score (nSPS) is 10.7. The first-order valence-electron chi connectivity index (χ1n) is 7.90. The molecule has 0 bridgehead atoms. The highest BCUT2D eigenvalue weighted by molar-refractivity contribution is 7.21. The number of carbonyl (C=O) groups is 2. The van der Waals surface area contributed by atoms with E-state index in [9.17, 15) is 9.59 Å². The lowest BCUT2D eigenvalue weighted by atomic mass is 10.1. The molecule has 0 saturated carbocycles. The van der Waals surface area contributed by atoms with Crippen molar-refractivity contribution < 1.29 is 19.1 Å². The number of halogens is 1. The largest absolute Gasteiger partial charge is 0.489 e. The summed E-state index contributed by atoms with van der Waals surface area (Å²) in [5, 5.41) is 1.44. The summed E-state index contributed by atoms with van der Waals surface area (Å²) in [6, 6.07) is 12.0. The predicted molar refractivity (Wildman–Crippen MR) is 102 cm³/mol. The van der Waals surface area contributed by atoms with Gasteiger partial charge in [0.1, 0.15) is 17.2 Å². The molecule has 0 atom stereocenters. The molecule has 3 rings (SSSR count). The number of nitrogens with two attached hydrogens (primary N) is 1. The molecular formula is C19H16ClNO4S. The van der Waals surface area contributed by atoms with Crippen molar-refractivity contribution in [3.05, 3.63) is 63.5 Å². The summed E-state index contributed by atoms with van der Waals surface area (Å²) in [6.07, 6.45) is 0. The van der Waals surface area contributed by atoms with Crippen LogP contribution in [0, 0.1) is 0 Å². The minimum Gasteiger partial charge on any atom is -0.489 e. The number of benzene rings is 2. The van der Waals surface area contributed by atoms with Crippen molar-refractivity contribution in [1.29, 1.82) is 0 Å². The van der Waals surface area contributed by atoms with Crippen LogP contribution >= 0.6 is 22.9 Å². The van der Waals surface area contributed by atoms with Gasteiger partial charge in [0, 0.05) is 26.2 Å². The van der Waals surface area contributed by atoms with Crippen LogP contribution in [-0.2, 0) is 11.3 Å². The van der Waals surface area contributed by atoms with Gasteiger partial charge in [-0.1, -0.05) is 11.6 Å². The van der Waals surface area contributed by atoms with Crippen molar-refractivity contribution in [2.45, 2.75) is 13.5 Å². The van der Waals surface area contributed by atoms with Gasteiger partial charge in [0.2, 0.25) is 5.91 Å². The molecule has 0 aliphatic rings. The highest BCUT2D eigenvalue weighted by Crippen LogP contribution is 2.34. The summed E-state index contributed by atoms with van der Waals surface area (Å²) in [4.78, 5) is 23.9. The standard InChI is InChI=1S/C19H16ClNO4S/c1-2-24-19(23)17-15(14-9-12(20)5-8-16(14)26-17)10-25-13-6-3-11(4-7-13)18(21)22/h3-9H,2,10H2,1H3,(H2,21,22). The van der Waals surface area contributed by atoms with Crippen molar-refractivity contribution in [2.75, 3.05) is 6.61 Å². The molecule has 26 heavy (non-hydrogen) atoms. The number of hydrogen-bond acceptors (Lipinski definition) is 5. The van der Waals surface area contributed by atoms with Crippen molar-refractivity contribution in [3.8, 4) is 5.75 Å². The van der Waals surface area contributed by atoms with E-state index in [1.807, 2.05) is 12.1 Å². The molecule has 7 heteroatoms. The fraction of sp³-hybridized carbons (Fsp3) is 0.158. The van der Waals surface area contributed by atoms with Crippen LogP contribution in [0.5, 0.6) is 5.75 Å². The van der Waals surface area contributed by atoms with Gasteiger partial charge in [-0.3, -0.25) is 4.79 Å². The molecule has 1 heterocycles. The molecule has 134 valence electrons. The lowest BCUT2D eigenvalue weighted by Crippen LogP contribution is -2.10. The minimum atomic E-state index is -0.500. The van der Waals surface area contributed by atoms with Gasteiger partial charge < -0.3 is 15.2 Å². The van der Waals surface area contributed by atoms with Crippen LogP contribution in [0.3, 0.4) is 0 Å². The number of hydrogen-bond donors (Lipinski definition) is 1. The minimum absolute atomic E-state index is 0.171. The molecule has 3 aromatic rings. The van der Waals surface area contributed by atoms with Crippen LogP contribution in [0.25, 0.3) is 10.1 Å². The summed E-state index contributed by atoms with van der Waals surface area (Å²) in [5.74, 6) is -0.321. The summed E-state index contributed by atoms with van der Waals surface area (Å²) in [7, 11) is 0. The Bertz CT molecular complexity index is 966. The van der Waals surface area contributed by atoms with Gasteiger partial charge in [-0.15, -0.1) is 11.3 Å². The second kappa shape index (κ2) is 7.76. The van der Waals surface area contributed by atoms with Crippen LogP contribution in [0.1, 0.15) is 32.5 Å². The lowest BCUT2D eigenvalue weighted by Gasteiger charge is -2.08. The van der Waals surface area contributed by atoms with E-state index in [0.29, 0.717) is 27.8 Å². The van der Waals surface area contributed by atoms with Gasteiger partial charge in [-0.25, -0.2) is 4.79 Å². The van der Waals surface area contributed by atoms with E-state index >= 15 is 0 Å². The number of ether oxygens (including phenoxy) is 2. The number of amides is 1. The maximum absolute atomic E-state index is 12.3. The fourth-order valence-corrected chi connectivity index (χ4v) is 3.75. The van der Waals surface area contributed by atoms with Gasteiger partial charge in [-0.2, -0.15) is 0 Å². The lowest BCUT2D eigenvalue weighted by molar-refractivity contribution is 0.0529. The Morgan fingerprint density at radius 2 is 1.88 bits per heavy atom. The zero-order chi connectivity index (χ0) is 18.7. The molecule has 0 fully saturated rings. The summed E-state index contributed by atoms with van der Waals surface area (Å²) < 4.78 is 11.9. The smallest absolute Gasteiger partial charge is 0.348 e. The summed E-state index contributed by atoms with van der Waals surface area (Å²) in [5.41, 5.74) is 6.36. The third-order valence-corrected chi connectivity index (χ3v) is 5.16. The molecule has 1 amide bonds. The Balaban J connectivity index is 1.91. The quantitative estimate of drug-likeness (QED) is 0.633. The van der Waals surface area contributed by atoms with E-state index in [0.717, 1.165) is 15.6 Å². The number of primary amides is 1. The summed E-state index contributed by atoms with van der Waals surface area (Å²) in [6.45, 7) is 2.23. The molecule has 0 radical (unpaired) electrons. The second-order valence-electron chi connectivity index (χ2n) is 5.45. The van der Waals surface area contributed by atoms with Gasteiger partial charge in [0.15, 0.2) is 0 Å². The highest BCUT2D eigenvalue weighted by Gasteiger charge is 2.20. The number of thiophene rings is 1. The number of carbonyl (C=O) groups excluding carboxylic acids is 2. The maximum atomic E-state index is 12.3. The van der Waals surface area contributed by atoms with E-state index < -0.39 is 5.91 Å². The average molecular weight is 390 g/mol. The van der Waals surface area contributed by atoms with Crippen molar-refractivity contribution in [3.63, 3.8) is 0 Å².